The minimum absolute atomic E-state index is 1.08. The summed E-state index contributed by atoms with van der Waals surface area (Å²) in [5.41, 5.74) is 9.10. The van der Waals surface area contributed by atoms with E-state index >= 15 is 0 Å². The second-order valence-electron chi connectivity index (χ2n) is 7.34. The van der Waals surface area contributed by atoms with Crippen molar-refractivity contribution in [3.8, 4) is 33.4 Å². The van der Waals surface area contributed by atoms with Gasteiger partial charge in [-0.1, -0.05) is 120 Å². The summed E-state index contributed by atoms with van der Waals surface area (Å²) >= 11 is 3.93. The Kier molecular flexibility index (Phi) is 6.27. The fourth-order valence-electron chi connectivity index (χ4n) is 3.98. The molecule has 4 aromatic carbocycles. The van der Waals surface area contributed by atoms with Crippen molar-refractivity contribution in [2.24, 2.45) is 0 Å². The van der Waals surface area contributed by atoms with Crippen LogP contribution in [0, 0.1) is 0 Å². The summed E-state index contributed by atoms with van der Waals surface area (Å²) in [6.07, 6.45) is 3.45. The maximum atomic E-state index is 3.93. The first-order valence-corrected chi connectivity index (χ1v) is 11.1. The molecule has 29 heavy (non-hydrogen) atoms. The first-order chi connectivity index (χ1) is 14.3. The number of rotatable bonds is 6. The fraction of sp³-hybridized carbons (Fsp3) is 0.143. The zero-order valence-electron chi connectivity index (χ0n) is 16.7. The lowest BCUT2D eigenvalue weighted by Gasteiger charge is -2.22. The molecule has 4 rings (SSSR count). The molecule has 0 spiro atoms. The predicted molar refractivity (Wildman–Crippen MR) is 129 cm³/mol. The van der Waals surface area contributed by atoms with E-state index in [1.54, 1.807) is 0 Å². The van der Waals surface area contributed by atoms with Crippen LogP contribution in [0.2, 0.25) is 0 Å². The van der Waals surface area contributed by atoms with E-state index in [0.29, 0.717) is 0 Å². The van der Waals surface area contributed by atoms with Gasteiger partial charge in [-0.05, 0) is 52.3 Å². The third-order valence-corrected chi connectivity index (χ3v) is 5.97. The molecule has 0 saturated heterocycles. The maximum absolute atomic E-state index is 3.93. The van der Waals surface area contributed by atoms with Crippen LogP contribution in [0.1, 0.15) is 25.3 Å². The largest absolute Gasteiger partial charge is 0.0654 e. The third-order valence-electron chi connectivity index (χ3n) is 5.35. The van der Waals surface area contributed by atoms with Crippen LogP contribution in [0.4, 0.5) is 0 Å². The summed E-state index contributed by atoms with van der Waals surface area (Å²) in [5, 5.41) is 0. The Hall–Kier alpha value is -2.64. The molecule has 0 N–H and O–H groups in total. The molecule has 0 fully saturated rings. The van der Waals surface area contributed by atoms with Crippen molar-refractivity contribution >= 4 is 15.9 Å². The monoisotopic (exact) mass is 440 g/mol. The molecule has 0 bridgehead atoms. The van der Waals surface area contributed by atoms with Crippen LogP contribution < -0.4 is 0 Å². The standard InChI is InChI=1S/C28H25Br/c1-2-3-13-24-20-25(29)27(22-16-9-5-10-17-22)28(23-18-11-6-12-19-23)26(24)21-14-7-4-8-15-21/h4-12,14-20H,2-3,13H2,1H3. The van der Waals surface area contributed by atoms with Crippen LogP contribution in [0.15, 0.2) is 102 Å². The Labute approximate surface area is 182 Å². The number of halogens is 1. The highest BCUT2D eigenvalue weighted by Crippen LogP contribution is 2.46. The molecule has 0 atom stereocenters. The molecule has 1 heteroatoms. The minimum atomic E-state index is 1.08. The molecular weight excluding hydrogens is 416 g/mol. The lowest BCUT2D eigenvalue weighted by molar-refractivity contribution is 0.796. The molecule has 0 radical (unpaired) electrons. The molecule has 0 nitrogen and oxygen atoms in total. The minimum Gasteiger partial charge on any atom is -0.0654 e. The van der Waals surface area contributed by atoms with Crippen molar-refractivity contribution in [1.29, 1.82) is 0 Å². The van der Waals surface area contributed by atoms with Gasteiger partial charge in [0, 0.05) is 10.0 Å². The van der Waals surface area contributed by atoms with Gasteiger partial charge in [0.1, 0.15) is 0 Å². The van der Waals surface area contributed by atoms with Gasteiger partial charge in [-0.15, -0.1) is 0 Å². The van der Waals surface area contributed by atoms with E-state index < -0.39 is 0 Å². The number of hydrogen-bond donors (Lipinski definition) is 0. The molecule has 0 saturated carbocycles. The van der Waals surface area contributed by atoms with Crippen LogP contribution in [0.25, 0.3) is 33.4 Å². The van der Waals surface area contributed by atoms with Gasteiger partial charge in [0.25, 0.3) is 0 Å². The molecule has 0 amide bonds. The number of hydrogen-bond acceptors (Lipinski definition) is 0. The van der Waals surface area contributed by atoms with Crippen molar-refractivity contribution in [3.05, 3.63) is 107 Å². The molecule has 0 unspecified atom stereocenters. The molecule has 4 aromatic rings. The highest BCUT2D eigenvalue weighted by Gasteiger charge is 2.20. The average molecular weight is 441 g/mol. The quantitative estimate of drug-likeness (QED) is 0.280. The van der Waals surface area contributed by atoms with Crippen molar-refractivity contribution in [1.82, 2.24) is 0 Å². The van der Waals surface area contributed by atoms with Gasteiger partial charge in [0.2, 0.25) is 0 Å². The van der Waals surface area contributed by atoms with E-state index in [4.69, 9.17) is 0 Å². The summed E-state index contributed by atoms with van der Waals surface area (Å²) in [7, 11) is 0. The highest BCUT2D eigenvalue weighted by atomic mass is 79.9. The number of unbranched alkanes of at least 4 members (excludes halogenated alkanes) is 1. The normalized spacial score (nSPS) is 10.8. The van der Waals surface area contributed by atoms with Crippen molar-refractivity contribution in [3.63, 3.8) is 0 Å². The molecular formula is C28H25Br. The topological polar surface area (TPSA) is 0 Å². The van der Waals surface area contributed by atoms with Crippen LogP contribution in [-0.2, 0) is 6.42 Å². The van der Waals surface area contributed by atoms with Crippen molar-refractivity contribution in [2.75, 3.05) is 0 Å². The zero-order chi connectivity index (χ0) is 20.1. The van der Waals surface area contributed by atoms with Gasteiger partial charge in [-0.25, -0.2) is 0 Å². The van der Waals surface area contributed by atoms with Gasteiger partial charge < -0.3 is 0 Å². The smallest absolute Gasteiger partial charge is 0.0263 e. The Morgan fingerprint density at radius 2 is 1.03 bits per heavy atom. The van der Waals surface area contributed by atoms with E-state index in [-0.39, 0.29) is 0 Å². The van der Waals surface area contributed by atoms with Crippen LogP contribution in [0.5, 0.6) is 0 Å². The second-order valence-corrected chi connectivity index (χ2v) is 8.20. The van der Waals surface area contributed by atoms with Crippen LogP contribution >= 0.6 is 15.9 Å². The molecule has 0 heterocycles. The predicted octanol–water partition coefficient (Wildman–Crippen LogP) is 8.79. The average Bonchev–Trinajstić information content (AvgIpc) is 2.79. The molecule has 0 aliphatic carbocycles. The first kappa shape index (κ1) is 19.7. The molecule has 0 aliphatic rings. The first-order valence-electron chi connectivity index (χ1n) is 10.3. The van der Waals surface area contributed by atoms with Crippen molar-refractivity contribution < 1.29 is 0 Å². The Morgan fingerprint density at radius 1 is 0.586 bits per heavy atom. The summed E-state index contributed by atoms with van der Waals surface area (Å²) in [4.78, 5) is 0. The van der Waals surface area contributed by atoms with E-state index in [1.807, 2.05) is 0 Å². The lowest BCUT2D eigenvalue weighted by atomic mass is 9.83. The second kappa shape index (κ2) is 9.24. The Balaban J connectivity index is 2.10. The van der Waals surface area contributed by atoms with E-state index in [9.17, 15) is 0 Å². The fourth-order valence-corrected chi connectivity index (χ4v) is 4.69. The maximum Gasteiger partial charge on any atom is 0.0263 e. The zero-order valence-corrected chi connectivity index (χ0v) is 18.3. The Morgan fingerprint density at radius 3 is 1.52 bits per heavy atom. The van der Waals surface area contributed by atoms with Gasteiger partial charge >= 0.3 is 0 Å². The molecule has 0 aromatic heterocycles. The summed E-state index contributed by atoms with van der Waals surface area (Å²) in [5.74, 6) is 0. The SMILES string of the molecule is CCCCc1cc(Br)c(-c2ccccc2)c(-c2ccccc2)c1-c1ccccc1. The van der Waals surface area contributed by atoms with Gasteiger partial charge in [-0.3, -0.25) is 0 Å². The van der Waals surface area contributed by atoms with E-state index in [2.05, 4.69) is 120 Å². The molecule has 144 valence electrons. The van der Waals surface area contributed by atoms with Gasteiger partial charge in [-0.2, -0.15) is 0 Å². The molecule has 0 aliphatic heterocycles. The van der Waals surface area contributed by atoms with E-state index in [1.165, 1.54) is 51.8 Å². The van der Waals surface area contributed by atoms with Crippen molar-refractivity contribution in [2.45, 2.75) is 26.2 Å². The van der Waals surface area contributed by atoms with Gasteiger partial charge in [0.05, 0.1) is 0 Å². The van der Waals surface area contributed by atoms with Crippen LogP contribution in [0.3, 0.4) is 0 Å². The summed E-state index contributed by atoms with van der Waals surface area (Å²) in [6, 6.07) is 34.7. The summed E-state index contributed by atoms with van der Waals surface area (Å²) < 4.78 is 1.16. The highest BCUT2D eigenvalue weighted by molar-refractivity contribution is 9.10. The Bertz CT molecular complexity index is 1070. The van der Waals surface area contributed by atoms with Crippen LogP contribution in [-0.4, -0.2) is 0 Å². The van der Waals surface area contributed by atoms with E-state index in [0.717, 1.165) is 10.9 Å². The third kappa shape index (κ3) is 4.21. The number of benzene rings is 4. The summed E-state index contributed by atoms with van der Waals surface area (Å²) in [6.45, 7) is 2.26. The number of aryl methyl sites for hydroxylation is 1. The van der Waals surface area contributed by atoms with Gasteiger partial charge in [0.15, 0.2) is 0 Å². The lowest BCUT2D eigenvalue weighted by Crippen LogP contribution is -1.98.